The van der Waals surface area contributed by atoms with Crippen LogP contribution in [0.3, 0.4) is 0 Å². The highest BCUT2D eigenvalue weighted by molar-refractivity contribution is 5.94. The molecular formula is C34H48N6O6. The lowest BCUT2D eigenvalue weighted by atomic mass is 10.1. The Kier molecular flexibility index (Phi) is 15.1. The summed E-state index contributed by atoms with van der Waals surface area (Å²) in [6, 6.07) is 14.1. The zero-order valence-corrected chi connectivity index (χ0v) is 27.3. The number of rotatable bonds is 20. The third-order valence-corrected chi connectivity index (χ3v) is 7.26. The number of nitrogens with zero attached hydrogens (tertiary/aromatic N) is 4. The highest BCUT2D eigenvalue weighted by atomic mass is 16.6. The number of benzene rings is 1. The lowest BCUT2D eigenvalue weighted by Crippen LogP contribution is -2.37. The second-order valence-corrected chi connectivity index (χ2v) is 11.3. The van der Waals surface area contributed by atoms with Crippen LogP contribution in [0.15, 0.2) is 54.9 Å². The maximum atomic E-state index is 12.6. The molecule has 12 nitrogen and oxygen atoms in total. The van der Waals surface area contributed by atoms with E-state index in [4.69, 9.17) is 28.7 Å². The molecule has 1 aliphatic heterocycles. The fraction of sp³-hybridized carbons (Fsp3) is 0.529. The molecule has 1 aromatic carbocycles. The average molecular weight is 637 g/mol. The van der Waals surface area contributed by atoms with Crippen LogP contribution in [0.25, 0.3) is 0 Å². The zero-order valence-electron chi connectivity index (χ0n) is 27.3. The van der Waals surface area contributed by atoms with E-state index >= 15 is 0 Å². The molecule has 12 heteroatoms. The Balaban J connectivity index is 1.13. The van der Waals surface area contributed by atoms with Gasteiger partial charge >= 0.3 is 0 Å². The van der Waals surface area contributed by atoms with E-state index in [0.717, 1.165) is 54.5 Å². The van der Waals surface area contributed by atoms with Gasteiger partial charge in [0.15, 0.2) is 0 Å². The summed E-state index contributed by atoms with van der Waals surface area (Å²) in [7, 11) is 1.76. The van der Waals surface area contributed by atoms with Gasteiger partial charge in [-0.05, 0) is 44.4 Å². The molecule has 2 N–H and O–H groups in total. The number of pyridine rings is 1. The molecule has 1 fully saturated rings. The number of ether oxygens (including phenoxy) is 5. The van der Waals surface area contributed by atoms with Gasteiger partial charge in [-0.15, -0.1) is 0 Å². The molecule has 0 atom stereocenters. The SMILES string of the molecule is COC1CCN(c2nccc(Cc3cc(NC(C)C)c(NC(=O)COCCOCCOCCOCc4ccccc4)cn3)n2)CC1. The first kappa shape index (κ1) is 35.2. The van der Waals surface area contributed by atoms with E-state index in [9.17, 15) is 4.79 Å². The van der Waals surface area contributed by atoms with Crippen molar-refractivity contribution in [3.8, 4) is 0 Å². The van der Waals surface area contributed by atoms with Crippen LogP contribution in [-0.2, 0) is 41.5 Å². The molecule has 0 aliphatic carbocycles. The topological polar surface area (TPSA) is 129 Å². The molecule has 46 heavy (non-hydrogen) atoms. The first-order chi connectivity index (χ1) is 22.5. The van der Waals surface area contributed by atoms with E-state index in [1.807, 2.05) is 56.3 Å². The molecule has 3 heterocycles. The Morgan fingerprint density at radius 3 is 2.28 bits per heavy atom. The van der Waals surface area contributed by atoms with Crippen LogP contribution in [-0.4, -0.2) is 99.5 Å². The first-order valence-corrected chi connectivity index (χ1v) is 16.0. The van der Waals surface area contributed by atoms with E-state index in [-0.39, 0.29) is 18.6 Å². The summed E-state index contributed by atoms with van der Waals surface area (Å²) in [6.07, 6.45) is 6.24. The van der Waals surface area contributed by atoms with Gasteiger partial charge in [0.2, 0.25) is 11.9 Å². The molecule has 250 valence electrons. The monoisotopic (exact) mass is 636 g/mol. The fourth-order valence-corrected chi connectivity index (χ4v) is 4.91. The number of hydrogen-bond acceptors (Lipinski definition) is 11. The summed E-state index contributed by atoms with van der Waals surface area (Å²) in [6.45, 7) is 8.92. The minimum Gasteiger partial charge on any atom is -0.381 e. The second kappa shape index (κ2) is 19.7. The molecule has 1 saturated heterocycles. The van der Waals surface area contributed by atoms with Crippen LogP contribution in [0, 0.1) is 0 Å². The Morgan fingerprint density at radius 2 is 1.59 bits per heavy atom. The smallest absolute Gasteiger partial charge is 0.250 e. The molecule has 0 bridgehead atoms. The lowest BCUT2D eigenvalue weighted by molar-refractivity contribution is -0.121. The van der Waals surface area contributed by atoms with Gasteiger partial charge in [-0.2, -0.15) is 0 Å². The number of piperidine rings is 1. The fourth-order valence-electron chi connectivity index (χ4n) is 4.91. The number of hydrogen-bond donors (Lipinski definition) is 2. The van der Waals surface area contributed by atoms with Crippen molar-refractivity contribution in [2.75, 3.05) is 82.0 Å². The van der Waals surface area contributed by atoms with Crippen molar-refractivity contribution in [1.82, 2.24) is 15.0 Å². The second-order valence-electron chi connectivity index (χ2n) is 11.3. The quantitative estimate of drug-likeness (QED) is 0.174. The van der Waals surface area contributed by atoms with E-state index in [1.54, 1.807) is 19.5 Å². The van der Waals surface area contributed by atoms with Crippen LogP contribution in [0.5, 0.6) is 0 Å². The van der Waals surface area contributed by atoms with Crippen molar-refractivity contribution >= 4 is 23.2 Å². The van der Waals surface area contributed by atoms with Crippen molar-refractivity contribution in [2.24, 2.45) is 0 Å². The molecule has 1 aliphatic rings. The Morgan fingerprint density at radius 1 is 0.891 bits per heavy atom. The summed E-state index contributed by atoms with van der Waals surface area (Å²) in [5.41, 5.74) is 4.24. The van der Waals surface area contributed by atoms with Gasteiger partial charge in [0.25, 0.3) is 0 Å². The molecular weight excluding hydrogens is 588 g/mol. The lowest BCUT2D eigenvalue weighted by Gasteiger charge is -2.31. The van der Waals surface area contributed by atoms with Crippen molar-refractivity contribution < 1.29 is 28.5 Å². The van der Waals surface area contributed by atoms with Gasteiger partial charge in [0, 0.05) is 44.6 Å². The normalized spacial score (nSPS) is 13.7. The van der Waals surface area contributed by atoms with Gasteiger partial charge < -0.3 is 39.2 Å². The van der Waals surface area contributed by atoms with Gasteiger partial charge in [0.05, 0.1) is 75.6 Å². The third kappa shape index (κ3) is 12.6. The Bertz CT molecular complexity index is 1310. The number of nitrogens with one attached hydrogen (secondary N) is 2. The predicted octanol–water partition coefficient (Wildman–Crippen LogP) is 4.10. The largest absolute Gasteiger partial charge is 0.381 e. The van der Waals surface area contributed by atoms with E-state index in [2.05, 4.69) is 25.5 Å². The van der Waals surface area contributed by atoms with Crippen molar-refractivity contribution in [1.29, 1.82) is 0 Å². The highest BCUT2D eigenvalue weighted by Gasteiger charge is 2.21. The van der Waals surface area contributed by atoms with Gasteiger partial charge in [-0.3, -0.25) is 9.78 Å². The number of amides is 1. The predicted molar refractivity (Wildman–Crippen MR) is 177 cm³/mol. The zero-order chi connectivity index (χ0) is 32.4. The number of carbonyl (C=O) groups is 1. The van der Waals surface area contributed by atoms with Crippen LogP contribution < -0.4 is 15.5 Å². The highest BCUT2D eigenvalue weighted by Crippen LogP contribution is 2.24. The minimum absolute atomic E-state index is 0.0905. The maximum Gasteiger partial charge on any atom is 0.250 e. The van der Waals surface area contributed by atoms with Crippen molar-refractivity contribution in [3.63, 3.8) is 0 Å². The number of anilines is 3. The molecule has 1 amide bonds. The van der Waals surface area contributed by atoms with Gasteiger partial charge in [-0.25, -0.2) is 9.97 Å². The number of methoxy groups -OCH3 is 1. The van der Waals surface area contributed by atoms with Crippen molar-refractivity contribution in [2.45, 2.75) is 51.9 Å². The molecule has 0 saturated carbocycles. The van der Waals surface area contributed by atoms with Gasteiger partial charge in [0.1, 0.15) is 6.61 Å². The summed E-state index contributed by atoms with van der Waals surface area (Å²) >= 11 is 0. The van der Waals surface area contributed by atoms with Crippen LogP contribution in [0.2, 0.25) is 0 Å². The standard InChI is InChI=1S/C34H48N6O6/c1-26(2)37-31-22-29(21-28-9-12-35-34(38-28)40-13-10-30(42-3)11-14-40)36-23-32(31)39-33(41)25-46-20-18-44-16-15-43-17-19-45-24-27-7-5-4-6-8-27/h4-9,12,22-23,26,30H,10-11,13-21,24-25H2,1-3H3,(H,36,37)(H,39,41). The van der Waals surface area contributed by atoms with E-state index in [1.165, 1.54) is 0 Å². The Labute approximate surface area is 272 Å². The molecule has 0 radical (unpaired) electrons. The van der Waals surface area contributed by atoms with Crippen molar-refractivity contribution in [3.05, 3.63) is 71.8 Å². The summed E-state index contributed by atoms with van der Waals surface area (Å²) in [4.78, 5) is 28.7. The minimum atomic E-state index is -0.266. The van der Waals surface area contributed by atoms with E-state index < -0.39 is 0 Å². The summed E-state index contributed by atoms with van der Waals surface area (Å²) in [5.74, 6) is 0.466. The molecule has 4 rings (SSSR count). The average Bonchev–Trinajstić information content (AvgIpc) is 3.07. The van der Waals surface area contributed by atoms with Crippen LogP contribution in [0.4, 0.5) is 17.3 Å². The number of carbonyl (C=O) groups excluding carboxylic acids is 1. The summed E-state index contributed by atoms with van der Waals surface area (Å²) in [5, 5.41) is 6.32. The number of aromatic nitrogens is 3. The maximum absolute atomic E-state index is 12.6. The van der Waals surface area contributed by atoms with Crippen LogP contribution >= 0.6 is 0 Å². The third-order valence-electron chi connectivity index (χ3n) is 7.26. The molecule has 0 unspecified atom stereocenters. The molecule has 0 spiro atoms. The summed E-state index contributed by atoms with van der Waals surface area (Å²) < 4.78 is 27.6. The first-order valence-electron chi connectivity index (χ1n) is 16.0. The Hall–Kier alpha value is -3.68. The molecule has 3 aromatic rings. The van der Waals surface area contributed by atoms with Crippen LogP contribution in [0.1, 0.15) is 43.6 Å². The van der Waals surface area contributed by atoms with E-state index in [0.29, 0.717) is 64.5 Å². The van der Waals surface area contributed by atoms with Gasteiger partial charge in [-0.1, -0.05) is 30.3 Å². The molecule has 2 aromatic heterocycles.